The minimum Gasteiger partial charge on any atom is -0.459 e. The van der Waals surface area contributed by atoms with Crippen molar-refractivity contribution in [3.8, 4) is 5.69 Å². The van der Waals surface area contributed by atoms with E-state index in [0.29, 0.717) is 18.6 Å². The van der Waals surface area contributed by atoms with Crippen LogP contribution in [-0.2, 0) is 9.47 Å². The van der Waals surface area contributed by atoms with Crippen LogP contribution < -0.4 is 0 Å². The van der Waals surface area contributed by atoms with Crippen LogP contribution in [0.2, 0.25) is 0 Å². The fourth-order valence-electron chi connectivity index (χ4n) is 3.04. The number of esters is 1. The van der Waals surface area contributed by atoms with Gasteiger partial charge in [0.2, 0.25) is 0 Å². The van der Waals surface area contributed by atoms with Crippen LogP contribution in [0.15, 0.2) is 37.1 Å². The Morgan fingerprint density at radius 1 is 1.29 bits per heavy atom. The Labute approximate surface area is 141 Å². The van der Waals surface area contributed by atoms with Crippen LogP contribution in [0.25, 0.3) is 5.69 Å². The zero-order chi connectivity index (χ0) is 16.8. The van der Waals surface area contributed by atoms with Gasteiger partial charge in [0, 0.05) is 18.6 Å². The lowest BCUT2D eigenvalue weighted by Gasteiger charge is -2.28. The molecule has 0 aliphatic heterocycles. The zero-order valence-corrected chi connectivity index (χ0v) is 13.9. The fraction of sp³-hybridized carbons (Fsp3) is 0.500. The molecule has 0 N–H and O–H groups in total. The molecule has 0 aromatic carbocycles. The lowest BCUT2D eigenvalue weighted by molar-refractivity contribution is -0.0272. The van der Waals surface area contributed by atoms with Gasteiger partial charge in [0.15, 0.2) is 0 Å². The molecule has 1 aliphatic carbocycles. The van der Waals surface area contributed by atoms with Crippen LogP contribution in [0.4, 0.5) is 0 Å². The Bertz CT molecular complexity index is 657. The van der Waals surface area contributed by atoms with Crippen molar-refractivity contribution in [2.75, 3.05) is 13.2 Å². The molecule has 128 valence electrons. The van der Waals surface area contributed by atoms with E-state index in [4.69, 9.17) is 9.47 Å². The summed E-state index contributed by atoms with van der Waals surface area (Å²) < 4.78 is 12.9. The Balaban J connectivity index is 1.48. The maximum Gasteiger partial charge on any atom is 0.357 e. The smallest absolute Gasteiger partial charge is 0.357 e. The molecule has 1 aliphatic rings. The highest BCUT2D eigenvalue weighted by Gasteiger charge is 2.21. The van der Waals surface area contributed by atoms with Gasteiger partial charge in [-0.05, 0) is 30.9 Å². The third-order valence-corrected chi connectivity index (χ3v) is 4.44. The van der Waals surface area contributed by atoms with E-state index in [1.165, 1.54) is 19.3 Å². The van der Waals surface area contributed by atoms with E-state index in [2.05, 4.69) is 16.9 Å². The third kappa shape index (κ3) is 4.20. The van der Waals surface area contributed by atoms with Crippen molar-refractivity contribution in [1.82, 2.24) is 14.5 Å². The molecule has 0 radical (unpaired) electrons. The standard InChI is InChI=1S/C18H23N3O3/c1-14-4-2-3-5-17(14)23-10-11-24-18(22)16-12-15(6-7-20-16)21-9-8-19-13-21/h6-9,12-14,17H,2-5,10-11H2,1H3/t14-,17-/m0/s1. The molecular weight excluding hydrogens is 306 g/mol. The molecular formula is C18H23N3O3. The van der Waals surface area contributed by atoms with Gasteiger partial charge in [0.25, 0.3) is 0 Å². The molecule has 1 saturated carbocycles. The maximum atomic E-state index is 12.1. The number of nitrogens with zero attached hydrogens (tertiary/aromatic N) is 3. The SMILES string of the molecule is C[C@H]1CCCC[C@@H]1OCCOC(=O)c1cc(-n2ccnc2)ccn1. The summed E-state index contributed by atoms with van der Waals surface area (Å²) in [6.45, 7) is 2.91. The molecule has 0 bridgehead atoms. The second kappa shape index (κ2) is 8.06. The zero-order valence-electron chi connectivity index (χ0n) is 13.9. The molecule has 1 fully saturated rings. The van der Waals surface area contributed by atoms with Gasteiger partial charge < -0.3 is 14.0 Å². The summed E-state index contributed by atoms with van der Waals surface area (Å²) in [5.41, 5.74) is 1.11. The maximum absolute atomic E-state index is 12.1. The highest BCUT2D eigenvalue weighted by molar-refractivity contribution is 5.87. The van der Waals surface area contributed by atoms with E-state index in [1.54, 1.807) is 24.8 Å². The molecule has 6 nitrogen and oxygen atoms in total. The van der Waals surface area contributed by atoms with Crippen LogP contribution >= 0.6 is 0 Å². The summed E-state index contributed by atoms with van der Waals surface area (Å²) in [4.78, 5) is 20.2. The number of ether oxygens (including phenoxy) is 2. The Morgan fingerprint density at radius 3 is 2.96 bits per heavy atom. The predicted molar refractivity (Wildman–Crippen MR) is 89.0 cm³/mol. The number of imidazole rings is 1. The van der Waals surface area contributed by atoms with E-state index < -0.39 is 5.97 Å². The van der Waals surface area contributed by atoms with E-state index >= 15 is 0 Å². The molecule has 2 aromatic heterocycles. The first-order valence-electron chi connectivity index (χ1n) is 8.47. The third-order valence-electron chi connectivity index (χ3n) is 4.44. The largest absolute Gasteiger partial charge is 0.459 e. The quantitative estimate of drug-likeness (QED) is 0.602. The molecule has 2 heterocycles. The molecule has 0 spiro atoms. The lowest BCUT2D eigenvalue weighted by Crippen LogP contribution is -2.27. The molecule has 2 atom stereocenters. The highest BCUT2D eigenvalue weighted by atomic mass is 16.6. The minimum absolute atomic E-state index is 0.249. The first-order valence-corrected chi connectivity index (χ1v) is 8.47. The van der Waals surface area contributed by atoms with Gasteiger partial charge in [-0.2, -0.15) is 0 Å². The van der Waals surface area contributed by atoms with Crippen LogP contribution in [0.5, 0.6) is 0 Å². The lowest BCUT2D eigenvalue weighted by atomic mass is 9.88. The van der Waals surface area contributed by atoms with Gasteiger partial charge in [0.05, 0.1) is 24.7 Å². The fourth-order valence-corrected chi connectivity index (χ4v) is 3.04. The minimum atomic E-state index is -0.433. The number of aromatic nitrogens is 3. The Hall–Kier alpha value is -2.21. The van der Waals surface area contributed by atoms with Crippen LogP contribution in [0.3, 0.4) is 0 Å². The van der Waals surface area contributed by atoms with Crippen molar-refractivity contribution in [3.63, 3.8) is 0 Å². The Morgan fingerprint density at radius 2 is 2.17 bits per heavy atom. The van der Waals surface area contributed by atoms with E-state index in [-0.39, 0.29) is 12.3 Å². The van der Waals surface area contributed by atoms with Crippen molar-refractivity contribution in [1.29, 1.82) is 0 Å². The van der Waals surface area contributed by atoms with Crippen LogP contribution in [0, 0.1) is 5.92 Å². The number of hydrogen-bond acceptors (Lipinski definition) is 5. The van der Waals surface area contributed by atoms with E-state index in [1.807, 2.05) is 16.8 Å². The van der Waals surface area contributed by atoms with E-state index in [9.17, 15) is 4.79 Å². The summed E-state index contributed by atoms with van der Waals surface area (Å²) in [5.74, 6) is 0.153. The monoisotopic (exact) mass is 329 g/mol. The normalized spacial score (nSPS) is 20.7. The van der Waals surface area contributed by atoms with Gasteiger partial charge in [-0.1, -0.05) is 19.8 Å². The molecule has 0 amide bonds. The van der Waals surface area contributed by atoms with Crippen molar-refractivity contribution >= 4 is 5.97 Å². The van der Waals surface area contributed by atoms with Crippen molar-refractivity contribution in [2.45, 2.75) is 38.7 Å². The Kier molecular flexibility index (Phi) is 5.59. The number of carbonyl (C=O) groups excluding carboxylic acids is 1. The first-order chi connectivity index (χ1) is 11.7. The molecule has 0 saturated heterocycles. The number of pyridine rings is 1. The second-order valence-electron chi connectivity index (χ2n) is 6.18. The van der Waals surface area contributed by atoms with E-state index in [0.717, 1.165) is 12.1 Å². The van der Waals surface area contributed by atoms with Crippen LogP contribution in [-0.4, -0.2) is 39.8 Å². The van der Waals surface area contributed by atoms with Crippen LogP contribution in [0.1, 0.15) is 43.1 Å². The van der Waals surface area contributed by atoms with Crippen molar-refractivity contribution < 1.29 is 14.3 Å². The number of rotatable bonds is 6. The summed E-state index contributed by atoms with van der Waals surface area (Å²) in [7, 11) is 0. The number of hydrogen-bond donors (Lipinski definition) is 0. The van der Waals surface area contributed by atoms with Crippen molar-refractivity contribution in [2.24, 2.45) is 5.92 Å². The van der Waals surface area contributed by atoms with Gasteiger partial charge in [0.1, 0.15) is 12.3 Å². The molecule has 0 unspecified atom stereocenters. The van der Waals surface area contributed by atoms with Crippen molar-refractivity contribution in [3.05, 3.63) is 42.7 Å². The van der Waals surface area contributed by atoms with Gasteiger partial charge in [-0.3, -0.25) is 0 Å². The summed E-state index contributed by atoms with van der Waals surface area (Å²) >= 11 is 0. The summed E-state index contributed by atoms with van der Waals surface area (Å²) in [6, 6.07) is 3.50. The summed E-state index contributed by atoms with van der Waals surface area (Å²) in [5, 5.41) is 0. The van der Waals surface area contributed by atoms with Gasteiger partial charge >= 0.3 is 5.97 Å². The summed E-state index contributed by atoms with van der Waals surface area (Å²) in [6.07, 6.45) is 11.9. The highest BCUT2D eigenvalue weighted by Crippen LogP contribution is 2.26. The molecule has 3 rings (SSSR count). The topological polar surface area (TPSA) is 66.2 Å². The second-order valence-corrected chi connectivity index (χ2v) is 6.18. The first kappa shape index (κ1) is 16.6. The molecule has 2 aromatic rings. The average molecular weight is 329 g/mol. The average Bonchev–Trinajstić information content (AvgIpc) is 3.15. The number of carbonyl (C=O) groups is 1. The van der Waals surface area contributed by atoms with Gasteiger partial charge in [-0.15, -0.1) is 0 Å². The molecule has 24 heavy (non-hydrogen) atoms. The predicted octanol–water partition coefficient (Wildman–Crippen LogP) is 3.02. The molecule has 6 heteroatoms. The van der Waals surface area contributed by atoms with Gasteiger partial charge in [-0.25, -0.2) is 14.8 Å².